The molecule has 3 aliphatic rings. The van der Waals surface area contributed by atoms with Gasteiger partial charge in [0.15, 0.2) is 0 Å². The van der Waals surface area contributed by atoms with Gasteiger partial charge >= 0.3 is 0 Å². The Kier molecular flexibility index (Phi) is 16.0. The van der Waals surface area contributed by atoms with Gasteiger partial charge in [-0.25, -0.2) is 0 Å². The summed E-state index contributed by atoms with van der Waals surface area (Å²) in [4.78, 5) is 30.4. The van der Waals surface area contributed by atoms with E-state index in [0.29, 0.717) is 10.5 Å². The number of amides is 2. The average Bonchev–Trinajstić information content (AvgIpc) is 3.21. The standard InChI is InChI=1S/C34H59NO2S2/c1-4-5-6-7-11-15-20-28-21-16-14-19-24-30(26-25-28)39-32-31(33(36)35(27(2)3)34(32)37)38-29-22-17-12-9-8-10-13-18-23-29/h27-30H,4-26H2,1-3H3/t28-,30?/m0/s1. The predicted molar refractivity (Wildman–Crippen MR) is 172 cm³/mol. The summed E-state index contributed by atoms with van der Waals surface area (Å²) in [6.07, 6.45) is 30.2. The van der Waals surface area contributed by atoms with Crippen LogP contribution in [0.4, 0.5) is 0 Å². The first kappa shape index (κ1) is 33.1. The molecule has 1 aliphatic heterocycles. The molecule has 224 valence electrons. The van der Waals surface area contributed by atoms with Crippen LogP contribution < -0.4 is 0 Å². The molecule has 3 nitrogen and oxygen atoms in total. The second-order valence-electron chi connectivity index (χ2n) is 12.9. The normalized spacial score (nSPS) is 25.2. The summed E-state index contributed by atoms with van der Waals surface area (Å²) in [5.74, 6) is 0.825. The van der Waals surface area contributed by atoms with E-state index in [4.69, 9.17) is 0 Å². The molecule has 39 heavy (non-hydrogen) atoms. The van der Waals surface area contributed by atoms with Crippen molar-refractivity contribution in [2.45, 2.75) is 185 Å². The van der Waals surface area contributed by atoms with Gasteiger partial charge in [0, 0.05) is 16.5 Å². The van der Waals surface area contributed by atoms with Gasteiger partial charge in [-0.2, -0.15) is 0 Å². The molecule has 0 aromatic rings. The van der Waals surface area contributed by atoms with Crippen LogP contribution in [0, 0.1) is 5.92 Å². The number of imide groups is 1. The molecule has 0 radical (unpaired) electrons. The molecular formula is C34H59NO2S2. The van der Waals surface area contributed by atoms with Crippen LogP contribution in [0.2, 0.25) is 0 Å². The van der Waals surface area contributed by atoms with Crippen molar-refractivity contribution in [1.29, 1.82) is 0 Å². The molecule has 1 heterocycles. The molecule has 2 atom stereocenters. The lowest BCUT2D eigenvalue weighted by molar-refractivity contribution is -0.138. The van der Waals surface area contributed by atoms with Crippen molar-refractivity contribution in [3.05, 3.63) is 9.81 Å². The van der Waals surface area contributed by atoms with E-state index in [1.165, 1.54) is 148 Å². The zero-order valence-corrected chi connectivity index (χ0v) is 27.3. The quantitative estimate of drug-likeness (QED) is 0.171. The fraction of sp³-hybridized carbons (Fsp3) is 0.882. The summed E-state index contributed by atoms with van der Waals surface area (Å²) in [7, 11) is 0. The monoisotopic (exact) mass is 577 g/mol. The van der Waals surface area contributed by atoms with Crippen LogP contribution in [0.1, 0.15) is 168 Å². The van der Waals surface area contributed by atoms with Gasteiger partial charge in [0.1, 0.15) is 0 Å². The number of hydrogen-bond donors (Lipinski definition) is 0. The second kappa shape index (κ2) is 18.9. The van der Waals surface area contributed by atoms with Gasteiger partial charge in [-0.15, -0.1) is 23.5 Å². The van der Waals surface area contributed by atoms with Crippen LogP contribution in [0.25, 0.3) is 0 Å². The maximum absolute atomic E-state index is 13.7. The highest BCUT2D eigenvalue weighted by molar-refractivity contribution is 8.08. The van der Waals surface area contributed by atoms with Gasteiger partial charge < -0.3 is 0 Å². The van der Waals surface area contributed by atoms with E-state index in [0.717, 1.165) is 15.7 Å². The lowest BCUT2D eigenvalue weighted by atomic mass is 9.91. The molecule has 2 fully saturated rings. The van der Waals surface area contributed by atoms with Crippen LogP contribution in [0.5, 0.6) is 0 Å². The molecule has 3 rings (SSSR count). The SMILES string of the molecule is CCCCCCCC[C@H]1CCCCCC(SC2=C(SC3CCCCCCCCC3)C(=O)N(C(C)C)C2=O)CC1. The van der Waals surface area contributed by atoms with Gasteiger partial charge in [-0.05, 0) is 51.9 Å². The zero-order chi connectivity index (χ0) is 27.9. The van der Waals surface area contributed by atoms with E-state index < -0.39 is 0 Å². The highest BCUT2D eigenvalue weighted by Gasteiger charge is 2.42. The summed E-state index contributed by atoms with van der Waals surface area (Å²) >= 11 is 3.57. The molecule has 0 aromatic heterocycles. The van der Waals surface area contributed by atoms with Crippen molar-refractivity contribution in [3.8, 4) is 0 Å². The number of hydrogen-bond acceptors (Lipinski definition) is 4. The molecule has 5 heteroatoms. The highest BCUT2D eigenvalue weighted by atomic mass is 32.2. The van der Waals surface area contributed by atoms with E-state index in [1.807, 2.05) is 13.8 Å². The van der Waals surface area contributed by atoms with Gasteiger partial charge in [0.25, 0.3) is 11.8 Å². The maximum Gasteiger partial charge on any atom is 0.268 e. The smallest absolute Gasteiger partial charge is 0.268 e. The second-order valence-corrected chi connectivity index (χ2v) is 15.5. The lowest BCUT2D eigenvalue weighted by Crippen LogP contribution is -2.37. The summed E-state index contributed by atoms with van der Waals surface area (Å²) in [6.45, 7) is 6.27. The van der Waals surface area contributed by atoms with Gasteiger partial charge in [-0.3, -0.25) is 14.5 Å². The molecule has 0 aromatic carbocycles. The number of rotatable bonds is 12. The zero-order valence-electron chi connectivity index (χ0n) is 25.7. The molecule has 1 unspecified atom stereocenters. The Morgan fingerprint density at radius 3 is 1.64 bits per heavy atom. The van der Waals surface area contributed by atoms with Gasteiger partial charge in [0.05, 0.1) is 9.81 Å². The maximum atomic E-state index is 13.7. The first-order valence-electron chi connectivity index (χ1n) is 17.0. The van der Waals surface area contributed by atoms with E-state index in [-0.39, 0.29) is 17.9 Å². The van der Waals surface area contributed by atoms with Crippen LogP contribution in [-0.2, 0) is 9.59 Å². The van der Waals surface area contributed by atoms with Crippen molar-refractivity contribution in [1.82, 2.24) is 4.90 Å². The fourth-order valence-electron chi connectivity index (χ4n) is 6.72. The van der Waals surface area contributed by atoms with Crippen molar-refractivity contribution in [3.63, 3.8) is 0 Å². The minimum absolute atomic E-state index is 0.00846. The first-order chi connectivity index (χ1) is 19.0. The highest BCUT2D eigenvalue weighted by Crippen LogP contribution is 2.45. The average molecular weight is 578 g/mol. The molecule has 0 N–H and O–H groups in total. The first-order valence-corrected chi connectivity index (χ1v) is 18.7. The Morgan fingerprint density at radius 2 is 1.08 bits per heavy atom. The Morgan fingerprint density at radius 1 is 0.615 bits per heavy atom. The van der Waals surface area contributed by atoms with E-state index in [9.17, 15) is 9.59 Å². The van der Waals surface area contributed by atoms with Gasteiger partial charge in [0.2, 0.25) is 0 Å². The molecule has 2 amide bonds. The van der Waals surface area contributed by atoms with Crippen LogP contribution in [-0.4, -0.2) is 33.3 Å². The minimum atomic E-state index is -0.0787. The number of thioether (sulfide) groups is 2. The summed E-state index contributed by atoms with van der Waals surface area (Å²) < 4.78 is 0. The van der Waals surface area contributed by atoms with E-state index >= 15 is 0 Å². The Balaban J connectivity index is 1.65. The predicted octanol–water partition coefficient (Wildman–Crippen LogP) is 10.8. The molecule has 2 saturated carbocycles. The third kappa shape index (κ3) is 11.4. The third-order valence-corrected chi connectivity index (χ3v) is 12.1. The largest absolute Gasteiger partial charge is 0.271 e. The molecule has 0 spiro atoms. The van der Waals surface area contributed by atoms with Crippen molar-refractivity contribution >= 4 is 35.3 Å². The fourth-order valence-corrected chi connectivity index (χ4v) is 9.57. The van der Waals surface area contributed by atoms with Crippen LogP contribution in [0.3, 0.4) is 0 Å². The summed E-state index contributed by atoms with van der Waals surface area (Å²) in [5.41, 5.74) is 0. The Labute approximate surface area is 249 Å². The molecule has 0 bridgehead atoms. The van der Waals surface area contributed by atoms with Crippen LogP contribution >= 0.6 is 23.5 Å². The third-order valence-electron chi connectivity index (χ3n) is 9.17. The van der Waals surface area contributed by atoms with Crippen molar-refractivity contribution in [2.75, 3.05) is 0 Å². The lowest BCUT2D eigenvalue weighted by Gasteiger charge is -2.21. The summed E-state index contributed by atoms with van der Waals surface area (Å²) in [5, 5.41) is 0.938. The van der Waals surface area contributed by atoms with Gasteiger partial charge in [-0.1, -0.05) is 122 Å². The van der Waals surface area contributed by atoms with Crippen molar-refractivity contribution in [2.24, 2.45) is 5.92 Å². The molecule has 2 aliphatic carbocycles. The Hall–Kier alpha value is -0.420. The minimum Gasteiger partial charge on any atom is -0.271 e. The van der Waals surface area contributed by atoms with E-state index in [2.05, 4.69) is 6.92 Å². The summed E-state index contributed by atoms with van der Waals surface area (Å²) in [6, 6.07) is -0.0787. The van der Waals surface area contributed by atoms with Crippen molar-refractivity contribution < 1.29 is 9.59 Å². The van der Waals surface area contributed by atoms with Crippen LogP contribution in [0.15, 0.2) is 9.81 Å². The van der Waals surface area contributed by atoms with E-state index in [1.54, 1.807) is 28.4 Å². The topological polar surface area (TPSA) is 37.4 Å². The number of carbonyl (C=O) groups is 2. The Bertz CT molecular complexity index is 754. The molecule has 0 saturated heterocycles. The molecular weight excluding hydrogens is 519 g/mol. The number of carbonyl (C=O) groups excluding carboxylic acids is 2. The number of nitrogens with zero attached hydrogens (tertiary/aromatic N) is 1. The number of unbranched alkanes of at least 4 members (excludes halogenated alkanes) is 5.